The first-order valence-electron chi connectivity index (χ1n) is 8.20. The van der Waals surface area contributed by atoms with Crippen LogP contribution in [0.2, 0.25) is 0 Å². The van der Waals surface area contributed by atoms with Crippen LogP contribution in [0.15, 0.2) is 22.2 Å². The fourth-order valence-corrected chi connectivity index (χ4v) is 3.46. The molecular weight excluding hydrogens is 402 g/mol. The molecule has 0 aromatic heterocycles. The molecule has 1 unspecified atom stereocenters. The molecular formula is C19H22BrNO5. The van der Waals surface area contributed by atoms with Gasteiger partial charge in [0.25, 0.3) is 5.91 Å². The van der Waals surface area contributed by atoms with Crippen molar-refractivity contribution in [1.29, 1.82) is 0 Å². The molecule has 2 N–H and O–H groups in total. The molecule has 0 saturated heterocycles. The van der Waals surface area contributed by atoms with Gasteiger partial charge in [-0.1, -0.05) is 22.9 Å². The van der Waals surface area contributed by atoms with E-state index in [-0.39, 0.29) is 17.9 Å². The van der Waals surface area contributed by atoms with Crippen molar-refractivity contribution in [3.05, 3.63) is 38.9 Å². The number of halogens is 1. The molecule has 26 heavy (non-hydrogen) atoms. The number of hydrogen-bond donors (Lipinski definition) is 2. The van der Waals surface area contributed by atoms with E-state index in [4.69, 9.17) is 4.74 Å². The molecule has 1 atom stereocenters. The highest BCUT2D eigenvalue weighted by Gasteiger charge is 2.36. The second-order valence-corrected chi connectivity index (χ2v) is 8.18. The summed E-state index contributed by atoms with van der Waals surface area (Å²) in [5.41, 5.74) is 0.857. The van der Waals surface area contributed by atoms with Gasteiger partial charge in [0.2, 0.25) is 0 Å². The number of rotatable bonds is 3. The highest BCUT2D eigenvalue weighted by Crippen LogP contribution is 2.38. The van der Waals surface area contributed by atoms with Crippen molar-refractivity contribution in [3.8, 4) is 0 Å². The smallest absolute Gasteiger partial charge is 0.325 e. The summed E-state index contributed by atoms with van der Waals surface area (Å²) in [7, 11) is 0. The van der Waals surface area contributed by atoms with Crippen molar-refractivity contribution in [3.63, 3.8) is 0 Å². The Labute approximate surface area is 160 Å². The molecule has 0 spiro atoms. The van der Waals surface area contributed by atoms with Crippen LogP contribution in [-0.2, 0) is 19.1 Å². The number of benzene rings is 1. The Bertz CT molecular complexity index is 820. The highest BCUT2D eigenvalue weighted by molar-refractivity contribution is 9.10. The van der Waals surface area contributed by atoms with Crippen molar-refractivity contribution in [2.45, 2.75) is 46.1 Å². The van der Waals surface area contributed by atoms with Crippen LogP contribution in [0.3, 0.4) is 0 Å². The quantitative estimate of drug-likeness (QED) is 0.575. The van der Waals surface area contributed by atoms with Crippen molar-refractivity contribution in [2.24, 2.45) is 0 Å². The van der Waals surface area contributed by atoms with Gasteiger partial charge in [0.15, 0.2) is 5.78 Å². The monoisotopic (exact) mass is 423 g/mol. The summed E-state index contributed by atoms with van der Waals surface area (Å²) >= 11 is 3.38. The van der Waals surface area contributed by atoms with Gasteiger partial charge < -0.3 is 15.2 Å². The average molecular weight is 424 g/mol. The Morgan fingerprint density at radius 2 is 1.92 bits per heavy atom. The lowest BCUT2D eigenvalue weighted by Gasteiger charge is -2.25. The highest BCUT2D eigenvalue weighted by atomic mass is 79.9. The maximum Gasteiger partial charge on any atom is 0.325 e. The minimum absolute atomic E-state index is 0.334. The van der Waals surface area contributed by atoms with Crippen LogP contribution in [0, 0.1) is 6.92 Å². The Morgan fingerprint density at radius 3 is 2.50 bits per heavy atom. The zero-order valence-electron chi connectivity index (χ0n) is 15.4. The molecule has 1 aromatic carbocycles. The van der Waals surface area contributed by atoms with Crippen molar-refractivity contribution in [1.82, 2.24) is 5.32 Å². The fourth-order valence-electron chi connectivity index (χ4n) is 2.87. The SMILES string of the molecule is Cc1cc(Br)cc2c1C(O)=C(C(=O)NCC(=O)OC(C)(C)C)C(=O)C2C. The number of aryl methyl sites for hydroxylation is 1. The molecule has 7 heteroatoms. The minimum Gasteiger partial charge on any atom is -0.506 e. The van der Waals surface area contributed by atoms with Gasteiger partial charge in [0.05, 0.1) is 0 Å². The second kappa shape index (κ2) is 7.23. The Morgan fingerprint density at radius 1 is 1.31 bits per heavy atom. The molecule has 1 aliphatic rings. The van der Waals surface area contributed by atoms with Crippen LogP contribution in [0.5, 0.6) is 0 Å². The number of carbonyl (C=O) groups is 3. The third-order valence-electron chi connectivity index (χ3n) is 3.95. The fraction of sp³-hybridized carbons (Fsp3) is 0.421. The number of hydrogen-bond acceptors (Lipinski definition) is 5. The topological polar surface area (TPSA) is 92.7 Å². The number of Topliss-reactive ketones (excluding diaryl/α,β-unsaturated/α-hetero) is 1. The summed E-state index contributed by atoms with van der Waals surface area (Å²) in [4.78, 5) is 36.8. The summed E-state index contributed by atoms with van der Waals surface area (Å²) in [5.74, 6) is -2.86. The zero-order valence-corrected chi connectivity index (χ0v) is 17.0. The van der Waals surface area contributed by atoms with Crippen LogP contribution < -0.4 is 5.32 Å². The van der Waals surface area contributed by atoms with E-state index in [0.717, 1.165) is 10.0 Å². The maximum absolute atomic E-state index is 12.6. The van der Waals surface area contributed by atoms with Crippen LogP contribution in [0.25, 0.3) is 5.76 Å². The molecule has 0 radical (unpaired) electrons. The summed E-state index contributed by atoms with van der Waals surface area (Å²) in [6.07, 6.45) is 0. The van der Waals surface area contributed by atoms with E-state index in [9.17, 15) is 19.5 Å². The molecule has 0 fully saturated rings. The Hall–Kier alpha value is -2.15. The van der Waals surface area contributed by atoms with Crippen LogP contribution in [0.1, 0.15) is 50.3 Å². The van der Waals surface area contributed by atoms with E-state index in [1.54, 1.807) is 46.8 Å². The second-order valence-electron chi connectivity index (χ2n) is 7.27. The Kier molecular flexibility index (Phi) is 5.61. The van der Waals surface area contributed by atoms with E-state index >= 15 is 0 Å². The predicted octanol–water partition coefficient (Wildman–Crippen LogP) is 3.17. The molecule has 0 aliphatic heterocycles. The van der Waals surface area contributed by atoms with Gasteiger partial charge in [0, 0.05) is 16.0 Å². The lowest BCUT2D eigenvalue weighted by Crippen LogP contribution is -2.38. The van der Waals surface area contributed by atoms with E-state index < -0.39 is 29.2 Å². The van der Waals surface area contributed by atoms with E-state index in [0.29, 0.717) is 11.1 Å². The van der Waals surface area contributed by atoms with Gasteiger partial charge in [-0.05, 0) is 51.0 Å². The van der Waals surface area contributed by atoms with Crippen molar-refractivity contribution in [2.75, 3.05) is 6.54 Å². The molecule has 0 heterocycles. The average Bonchev–Trinajstić information content (AvgIpc) is 2.48. The van der Waals surface area contributed by atoms with E-state index in [1.807, 2.05) is 0 Å². The lowest BCUT2D eigenvalue weighted by atomic mass is 9.80. The molecule has 0 bridgehead atoms. The summed E-state index contributed by atoms with van der Waals surface area (Å²) in [5, 5.41) is 12.9. The molecule has 140 valence electrons. The van der Waals surface area contributed by atoms with Crippen LogP contribution in [0.4, 0.5) is 0 Å². The third-order valence-corrected chi connectivity index (χ3v) is 4.41. The van der Waals surface area contributed by atoms with E-state index in [2.05, 4.69) is 21.2 Å². The zero-order chi connectivity index (χ0) is 19.8. The summed E-state index contributed by atoms with van der Waals surface area (Å²) < 4.78 is 5.91. The molecule has 0 saturated carbocycles. The number of carbonyl (C=O) groups excluding carboxylic acids is 3. The number of ketones is 1. The number of aliphatic hydroxyl groups excluding tert-OH is 1. The summed E-state index contributed by atoms with van der Waals surface area (Å²) in [6.45, 7) is 8.22. The third kappa shape index (κ3) is 4.15. The lowest BCUT2D eigenvalue weighted by molar-refractivity contribution is -0.154. The number of nitrogens with one attached hydrogen (secondary N) is 1. The maximum atomic E-state index is 12.6. The number of esters is 1. The van der Waals surface area contributed by atoms with Gasteiger partial charge >= 0.3 is 5.97 Å². The van der Waals surface area contributed by atoms with Gasteiger partial charge in [-0.25, -0.2) is 0 Å². The number of ether oxygens (including phenoxy) is 1. The minimum atomic E-state index is -0.793. The van der Waals surface area contributed by atoms with Crippen LogP contribution in [-0.4, -0.2) is 34.9 Å². The van der Waals surface area contributed by atoms with Crippen molar-refractivity contribution < 1.29 is 24.2 Å². The number of aliphatic hydroxyl groups is 1. The predicted molar refractivity (Wildman–Crippen MR) is 101 cm³/mol. The Balaban J connectivity index is 2.31. The standard InChI is InChI=1S/C19H22BrNO5/c1-9-6-11(20)7-12-10(2)16(23)15(17(24)14(9)12)18(25)21-8-13(22)26-19(3,4)5/h6-7,10,24H,8H2,1-5H3,(H,21,25). The molecule has 2 rings (SSSR count). The first kappa shape index (κ1) is 20.2. The van der Waals surface area contributed by atoms with Gasteiger partial charge in [0.1, 0.15) is 23.5 Å². The van der Waals surface area contributed by atoms with Crippen LogP contribution >= 0.6 is 15.9 Å². The van der Waals surface area contributed by atoms with E-state index in [1.165, 1.54) is 0 Å². The molecule has 1 aliphatic carbocycles. The molecule has 6 nitrogen and oxygen atoms in total. The number of amides is 1. The van der Waals surface area contributed by atoms with Gasteiger partial charge in [-0.2, -0.15) is 0 Å². The normalized spacial score (nSPS) is 17.0. The number of fused-ring (bicyclic) bond motifs is 1. The first-order valence-corrected chi connectivity index (χ1v) is 8.99. The molecule has 1 amide bonds. The largest absolute Gasteiger partial charge is 0.506 e. The summed E-state index contributed by atoms with van der Waals surface area (Å²) in [6, 6.07) is 3.56. The van der Waals surface area contributed by atoms with Gasteiger partial charge in [-0.15, -0.1) is 0 Å². The van der Waals surface area contributed by atoms with Gasteiger partial charge in [-0.3, -0.25) is 14.4 Å². The first-order chi connectivity index (χ1) is 11.9. The van der Waals surface area contributed by atoms with Crippen molar-refractivity contribution >= 4 is 39.3 Å². The molecule has 1 aromatic rings.